The number of nitrogens with zero attached hydrogens (tertiary/aromatic N) is 3. The Labute approximate surface area is 346 Å². The third kappa shape index (κ3) is 23.5. The van der Waals surface area contributed by atoms with Crippen LogP contribution in [0.25, 0.3) is 0 Å². The van der Waals surface area contributed by atoms with Crippen LogP contribution in [0, 0.1) is 30.3 Å². The molecule has 30 nitrogen and oxygen atoms in total. The van der Waals surface area contributed by atoms with Gasteiger partial charge in [0.2, 0.25) is 12.0 Å². The maximum absolute atomic E-state index is 12.8. The Balaban J connectivity index is 2.58. The zero-order chi connectivity index (χ0) is 46.8. The van der Waals surface area contributed by atoms with Gasteiger partial charge in [0, 0.05) is 6.42 Å². The molecule has 1 aromatic rings. The molecular weight excluding hydrogens is 856 g/mol. The number of ether oxygens (including phenoxy) is 8. The number of unbranched alkanes of at least 4 members (excludes halogenated alkanes) is 1. The minimum Gasteiger partial charge on any atom is -0.463 e. The van der Waals surface area contributed by atoms with E-state index in [4.69, 9.17) is 23.7 Å². The summed E-state index contributed by atoms with van der Waals surface area (Å²) in [5, 5.41) is 29.5. The van der Waals surface area contributed by atoms with Crippen molar-refractivity contribution in [3.05, 3.63) is 60.2 Å². The minimum absolute atomic E-state index is 0.111. The molecular formula is C32H38N4O26. The Morgan fingerprint density at radius 1 is 0.548 bits per heavy atom. The van der Waals surface area contributed by atoms with E-state index in [1.54, 1.807) is 0 Å². The van der Waals surface area contributed by atoms with Crippen LogP contribution in [0.5, 0.6) is 5.75 Å². The van der Waals surface area contributed by atoms with Crippen LogP contribution in [0.2, 0.25) is 0 Å². The number of hydrogen-bond donors (Lipinski definition) is 1. The summed E-state index contributed by atoms with van der Waals surface area (Å²) in [5.41, 5.74) is 0.247. The molecule has 0 fully saturated rings. The summed E-state index contributed by atoms with van der Waals surface area (Å²) in [7, 11) is 0. The van der Waals surface area contributed by atoms with Crippen LogP contribution in [0.3, 0.4) is 0 Å². The standard InChI is InChI=1S/C32H38N4O26/c1-18(29(42)52-10-4-5-11-57-34(46)47)59-28(41)17-55-26(39)15-53-25(38)14-54-27(40)16-56-32(45)23(33-24(37)13-58-35(48)49)12-21-6-8-22(9-7-21)61-30(43)19(2)60-31(44)20(3)62-36(50)51/h6-9,18-20,23H,4-5,10-17H2,1-3H3,(H,33,37). The van der Waals surface area contributed by atoms with Gasteiger partial charge in [-0.05, 0) is 51.3 Å². The van der Waals surface area contributed by atoms with E-state index in [9.17, 15) is 73.5 Å². The average Bonchev–Trinajstić information content (AvgIpc) is 3.20. The Morgan fingerprint density at radius 3 is 1.61 bits per heavy atom. The lowest BCUT2D eigenvalue weighted by Crippen LogP contribution is -2.45. The summed E-state index contributed by atoms with van der Waals surface area (Å²) < 4.78 is 37.9. The van der Waals surface area contributed by atoms with Gasteiger partial charge in [0.1, 0.15) is 11.8 Å². The fraction of sp³-hybridized carbons (Fsp3) is 0.531. The Hall–Kier alpha value is -7.95. The maximum atomic E-state index is 12.8. The van der Waals surface area contributed by atoms with Gasteiger partial charge in [-0.15, -0.1) is 30.3 Å². The van der Waals surface area contributed by atoms with Crippen LogP contribution in [-0.2, 0) is 97.2 Å². The molecule has 0 aliphatic carbocycles. The molecule has 4 unspecified atom stereocenters. The summed E-state index contributed by atoms with van der Waals surface area (Å²) in [6.07, 6.45) is -4.57. The Bertz CT molecular complexity index is 1790. The van der Waals surface area contributed by atoms with E-state index >= 15 is 0 Å². The topological polar surface area (TPSA) is 397 Å². The highest BCUT2D eigenvalue weighted by Crippen LogP contribution is 2.16. The largest absolute Gasteiger partial charge is 0.463 e. The van der Waals surface area contributed by atoms with Gasteiger partial charge in [0.05, 0.1) is 13.2 Å². The lowest BCUT2D eigenvalue weighted by molar-refractivity contribution is -0.764. The first kappa shape index (κ1) is 52.1. The summed E-state index contributed by atoms with van der Waals surface area (Å²) in [4.78, 5) is 152. The van der Waals surface area contributed by atoms with Crippen molar-refractivity contribution >= 4 is 53.7 Å². The zero-order valence-electron chi connectivity index (χ0n) is 32.6. The molecule has 0 heterocycles. The monoisotopic (exact) mass is 894 g/mol. The number of carbonyl (C=O) groups is 9. The van der Waals surface area contributed by atoms with Gasteiger partial charge in [0.15, 0.2) is 45.2 Å². The van der Waals surface area contributed by atoms with Crippen molar-refractivity contribution in [3.8, 4) is 5.75 Å². The highest BCUT2D eigenvalue weighted by molar-refractivity contribution is 5.87. The number of carbonyl (C=O) groups excluding carboxylic acids is 9. The smallest absolute Gasteiger partial charge is 0.352 e. The molecule has 0 bridgehead atoms. The number of esters is 8. The Morgan fingerprint density at radius 2 is 1.06 bits per heavy atom. The van der Waals surface area contributed by atoms with Crippen LogP contribution in [0.1, 0.15) is 39.2 Å². The number of rotatable bonds is 29. The van der Waals surface area contributed by atoms with Gasteiger partial charge < -0.3 is 52.9 Å². The number of benzene rings is 1. The fourth-order valence-corrected chi connectivity index (χ4v) is 3.85. The second-order valence-corrected chi connectivity index (χ2v) is 11.6. The van der Waals surface area contributed by atoms with Gasteiger partial charge in [-0.1, -0.05) is 12.1 Å². The van der Waals surface area contributed by atoms with E-state index < -0.39 is 133 Å². The van der Waals surface area contributed by atoms with Gasteiger partial charge in [-0.2, -0.15) is 0 Å². The van der Waals surface area contributed by atoms with Crippen molar-refractivity contribution in [1.82, 2.24) is 5.32 Å². The molecule has 0 aromatic heterocycles. The van der Waals surface area contributed by atoms with E-state index in [-0.39, 0.29) is 37.4 Å². The van der Waals surface area contributed by atoms with Gasteiger partial charge in [-0.25, -0.2) is 38.4 Å². The van der Waals surface area contributed by atoms with Crippen LogP contribution in [0.15, 0.2) is 24.3 Å². The lowest BCUT2D eigenvalue weighted by atomic mass is 10.1. The van der Waals surface area contributed by atoms with Crippen molar-refractivity contribution in [2.75, 3.05) is 46.2 Å². The van der Waals surface area contributed by atoms with Crippen molar-refractivity contribution in [2.24, 2.45) is 0 Å². The first-order valence-electron chi connectivity index (χ1n) is 17.3. The van der Waals surface area contributed by atoms with Crippen molar-refractivity contribution in [3.63, 3.8) is 0 Å². The highest BCUT2D eigenvalue weighted by Gasteiger charge is 2.27. The summed E-state index contributed by atoms with van der Waals surface area (Å²) in [6.45, 7) is -2.56. The zero-order valence-corrected chi connectivity index (χ0v) is 32.6. The molecule has 1 aromatic carbocycles. The van der Waals surface area contributed by atoms with E-state index in [1.165, 1.54) is 24.3 Å². The van der Waals surface area contributed by atoms with Crippen LogP contribution < -0.4 is 10.1 Å². The van der Waals surface area contributed by atoms with E-state index in [2.05, 4.69) is 34.0 Å². The SMILES string of the molecule is CC(OC(=O)COC(=O)COC(=O)COC(=O)COC(=O)C(Cc1ccc(OC(=O)C(C)OC(=O)C(C)O[N+](=O)[O-])cc1)NC(=O)CO[N+](=O)[O-])C(=O)OCCCCO[N+](=O)[O-]. The molecule has 0 aliphatic rings. The molecule has 4 atom stereocenters. The van der Waals surface area contributed by atoms with Crippen LogP contribution in [0.4, 0.5) is 0 Å². The fourth-order valence-electron chi connectivity index (χ4n) is 3.85. The number of amides is 1. The normalized spacial score (nSPS) is 12.2. The number of hydrogen-bond acceptors (Lipinski definition) is 26. The predicted octanol–water partition coefficient (Wildman–Crippen LogP) is -2.01. The average molecular weight is 895 g/mol. The van der Waals surface area contributed by atoms with Crippen molar-refractivity contribution in [2.45, 2.75) is 64.4 Å². The maximum Gasteiger partial charge on any atom is 0.352 e. The van der Waals surface area contributed by atoms with Gasteiger partial charge in [-0.3, -0.25) is 9.63 Å². The van der Waals surface area contributed by atoms with Gasteiger partial charge >= 0.3 is 47.8 Å². The first-order chi connectivity index (χ1) is 29.2. The van der Waals surface area contributed by atoms with Crippen LogP contribution >= 0.6 is 0 Å². The summed E-state index contributed by atoms with van der Waals surface area (Å²) >= 11 is 0. The third-order valence-electron chi connectivity index (χ3n) is 6.71. The predicted molar refractivity (Wildman–Crippen MR) is 186 cm³/mol. The molecule has 30 heteroatoms. The minimum atomic E-state index is -1.64. The molecule has 1 amide bonds. The molecule has 0 saturated heterocycles. The molecule has 0 saturated carbocycles. The second kappa shape index (κ2) is 27.7. The summed E-state index contributed by atoms with van der Waals surface area (Å²) in [5.74, 6) is -10.9. The summed E-state index contributed by atoms with van der Waals surface area (Å²) in [6, 6.07) is 3.38. The highest BCUT2D eigenvalue weighted by atomic mass is 17.0. The van der Waals surface area contributed by atoms with Crippen molar-refractivity contribution in [1.29, 1.82) is 0 Å². The molecule has 0 radical (unpaired) electrons. The molecule has 62 heavy (non-hydrogen) atoms. The van der Waals surface area contributed by atoms with Gasteiger partial charge in [0.25, 0.3) is 15.3 Å². The molecule has 0 spiro atoms. The third-order valence-corrected chi connectivity index (χ3v) is 6.71. The van der Waals surface area contributed by atoms with E-state index in [1.807, 2.05) is 0 Å². The van der Waals surface area contributed by atoms with E-state index in [0.29, 0.717) is 0 Å². The molecule has 1 N–H and O–H groups in total. The second-order valence-electron chi connectivity index (χ2n) is 11.6. The van der Waals surface area contributed by atoms with Crippen LogP contribution in [-0.4, -0.2) is 140 Å². The lowest BCUT2D eigenvalue weighted by Gasteiger charge is -2.18. The number of nitrogens with one attached hydrogen (secondary N) is 1. The van der Waals surface area contributed by atoms with Crippen molar-refractivity contribution < 1.29 is 111 Å². The van der Waals surface area contributed by atoms with E-state index in [0.717, 1.165) is 20.8 Å². The Kier molecular flexibility index (Phi) is 23.3. The molecule has 0 aliphatic heterocycles. The molecule has 1 rings (SSSR count). The quantitative estimate of drug-likeness (QED) is 0.0227. The molecule has 342 valence electrons. The first-order valence-corrected chi connectivity index (χ1v) is 17.3.